The monoisotopic (exact) mass is 380 g/mol. The first-order valence-electron chi connectivity index (χ1n) is 5.52. The third-order valence-electron chi connectivity index (χ3n) is 2.89. The Morgan fingerprint density at radius 1 is 1.56 bits per heavy atom. The zero-order valence-electron chi connectivity index (χ0n) is 10.2. The highest BCUT2D eigenvalue weighted by molar-refractivity contribution is 9.10. The quantitative estimate of drug-likeness (QED) is 0.446. The highest BCUT2D eigenvalue weighted by atomic mass is 79.9. The van der Waals surface area contributed by atoms with E-state index < -0.39 is 4.92 Å². The van der Waals surface area contributed by atoms with Gasteiger partial charge in [-0.3, -0.25) is 14.9 Å². The summed E-state index contributed by atoms with van der Waals surface area (Å²) in [6, 6.07) is 0. The number of nitro groups is 1. The second-order valence-electron chi connectivity index (χ2n) is 4.10. The van der Waals surface area contributed by atoms with Gasteiger partial charge in [0.05, 0.1) is 15.6 Å². The van der Waals surface area contributed by atoms with E-state index in [2.05, 4.69) is 31.9 Å². The number of hydrogen-bond acceptors (Lipinski definition) is 3. The molecule has 0 aromatic carbocycles. The lowest BCUT2D eigenvalue weighted by Crippen LogP contribution is -2.26. The van der Waals surface area contributed by atoms with Crippen molar-refractivity contribution >= 4 is 37.5 Å². The predicted octanol–water partition coefficient (Wildman–Crippen LogP) is 3.25. The number of aromatic nitrogens is 1. The molecule has 1 unspecified atom stereocenters. The first-order valence-corrected chi connectivity index (χ1v) is 7.43. The molecule has 100 valence electrons. The summed E-state index contributed by atoms with van der Waals surface area (Å²) in [5, 5.41) is 11.7. The van der Waals surface area contributed by atoms with Crippen LogP contribution in [0.3, 0.4) is 0 Å². The molecular weight excluding hydrogens is 368 g/mol. The first-order chi connectivity index (χ1) is 8.42. The van der Waals surface area contributed by atoms with Gasteiger partial charge in [0.15, 0.2) is 0 Å². The van der Waals surface area contributed by atoms with Gasteiger partial charge < -0.3 is 4.57 Å². The Labute approximate surface area is 122 Å². The fourth-order valence-corrected chi connectivity index (χ4v) is 2.68. The van der Waals surface area contributed by atoms with Gasteiger partial charge in [0, 0.05) is 17.4 Å². The Morgan fingerprint density at radius 3 is 2.61 bits per heavy atom. The zero-order chi connectivity index (χ0) is 13.9. The molecule has 0 fully saturated rings. The molecule has 0 spiro atoms. The van der Waals surface area contributed by atoms with Crippen molar-refractivity contribution in [2.75, 3.05) is 5.33 Å². The Hall–Kier alpha value is -0.690. The highest BCUT2D eigenvalue weighted by Gasteiger charge is 2.19. The topological polar surface area (TPSA) is 65.1 Å². The largest absolute Gasteiger partial charge is 0.308 e. The van der Waals surface area contributed by atoms with Crippen LogP contribution in [0.2, 0.25) is 0 Å². The van der Waals surface area contributed by atoms with Crippen molar-refractivity contribution in [1.82, 2.24) is 4.57 Å². The summed E-state index contributed by atoms with van der Waals surface area (Å²) in [5.74, 6) is 0.275. The van der Waals surface area contributed by atoms with Crippen LogP contribution in [0, 0.1) is 23.0 Å². The molecule has 1 rings (SSSR count). The minimum absolute atomic E-state index is 0.0362. The van der Waals surface area contributed by atoms with E-state index in [-0.39, 0.29) is 21.6 Å². The lowest BCUT2D eigenvalue weighted by atomic mass is 10.1. The van der Waals surface area contributed by atoms with Crippen LogP contribution in [0.25, 0.3) is 0 Å². The SMILES string of the molecule is CCC(CBr)Cn1cc([N+](=O)[O-])c(C)c(Br)c1=O. The van der Waals surface area contributed by atoms with Gasteiger partial charge in [-0.05, 0) is 28.8 Å². The first kappa shape index (κ1) is 15.4. The predicted molar refractivity (Wildman–Crippen MR) is 77.4 cm³/mol. The Morgan fingerprint density at radius 2 is 2.17 bits per heavy atom. The van der Waals surface area contributed by atoms with Crippen LogP contribution in [0.5, 0.6) is 0 Å². The van der Waals surface area contributed by atoms with Gasteiger partial charge in [-0.25, -0.2) is 0 Å². The van der Waals surface area contributed by atoms with E-state index in [0.29, 0.717) is 12.1 Å². The molecule has 1 atom stereocenters. The molecule has 1 aromatic rings. The maximum atomic E-state index is 12.0. The molecule has 0 amide bonds. The van der Waals surface area contributed by atoms with Gasteiger partial charge in [0.1, 0.15) is 0 Å². The standard InChI is InChI=1S/C11H14Br2N2O3/c1-3-8(4-12)5-14-6-9(15(17)18)7(2)10(13)11(14)16/h6,8H,3-5H2,1-2H3. The van der Waals surface area contributed by atoms with Gasteiger partial charge in [-0.2, -0.15) is 0 Å². The molecule has 0 saturated heterocycles. The number of alkyl halides is 1. The zero-order valence-corrected chi connectivity index (χ0v) is 13.3. The van der Waals surface area contributed by atoms with Crippen molar-refractivity contribution in [1.29, 1.82) is 0 Å². The smallest absolute Gasteiger partial charge is 0.289 e. The molecule has 5 nitrogen and oxygen atoms in total. The molecule has 0 N–H and O–H groups in total. The number of pyridine rings is 1. The maximum absolute atomic E-state index is 12.0. The Bertz CT molecular complexity index is 510. The molecule has 1 aromatic heterocycles. The summed E-state index contributed by atoms with van der Waals surface area (Å²) in [6.45, 7) is 4.06. The van der Waals surface area contributed by atoms with E-state index in [1.807, 2.05) is 6.92 Å². The summed E-state index contributed by atoms with van der Waals surface area (Å²) in [4.78, 5) is 22.5. The lowest BCUT2D eigenvalue weighted by Gasteiger charge is -2.14. The highest BCUT2D eigenvalue weighted by Crippen LogP contribution is 2.23. The van der Waals surface area contributed by atoms with Gasteiger partial charge in [0.25, 0.3) is 11.2 Å². The van der Waals surface area contributed by atoms with Crippen LogP contribution >= 0.6 is 31.9 Å². The fourth-order valence-electron chi connectivity index (χ4n) is 1.59. The third-order valence-corrected chi connectivity index (χ3v) is 4.74. The van der Waals surface area contributed by atoms with Crippen molar-refractivity contribution < 1.29 is 4.92 Å². The van der Waals surface area contributed by atoms with E-state index in [9.17, 15) is 14.9 Å². The van der Waals surface area contributed by atoms with E-state index in [0.717, 1.165) is 11.8 Å². The van der Waals surface area contributed by atoms with Crippen LogP contribution in [0.1, 0.15) is 18.9 Å². The molecule has 0 aliphatic heterocycles. The van der Waals surface area contributed by atoms with Crippen LogP contribution in [-0.2, 0) is 6.54 Å². The molecule has 0 radical (unpaired) electrons. The average Bonchev–Trinajstić information content (AvgIpc) is 2.35. The van der Waals surface area contributed by atoms with Gasteiger partial charge in [-0.15, -0.1) is 0 Å². The molecular formula is C11H14Br2N2O3. The average molecular weight is 382 g/mol. The maximum Gasteiger partial charge on any atom is 0.289 e. The van der Waals surface area contributed by atoms with Crippen LogP contribution in [0.4, 0.5) is 5.69 Å². The van der Waals surface area contributed by atoms with Crippen molar-refractivity contribution in [2.45, 2.75) is 26.8 Å². The normalized spacial score (nSPS) is 12.4. The van der Waals surface area contributed by atoms with Gasteiger partial charge in [0.2, 0.25) is 0 Å². The lowest BCUT2D eigenvalue weighted by molar-refractivity contribution is -0.386. The van der Waals surface area contributed by atoms with E-state index in [1.165, 1.54) is 10.8 Å². The number of nitrogens with zero attached hydrogens (tertiary/aromatic N) is 2. The molecule has 1 heterocycles. The van der Waals surface area contributed by atoms with Crippen LogP contribution in [0.15, 0.2) is 15.5 Å². The Kier molecular flexibility index (Phi) is 5.52. The summed E-state index contributed by atoms with van der Waals surface area (Å²) in [6.07, 6.45) is 2.23. The number of halogens is 2. The molecule has 0 saturated carbocycles. The molecule has 7 heteroatoms. The van der Waals surface area contributed by atoms with Gasteiger partial charge in [-0.1, -0.05) is 29.3 Å². The second-order valence-corrected chi connectivity index (χ2v) is 5.54. The van der Waals surface area contributed by atoms with Crippen molar-refractivity contribution in [2.24, 2.45) is 5.92 Å². The summed E-state index contributed by atoms with van der Waals surface area (Å²) < 4.78 is 1.67. The van der Waals surface area contributed by atoms with Crippen molar-refractivity contribution in [3.8, 4) is 0 Å². The molecule has 18 heavy (non-hydrogen) atoms. The summed E-state index contributed by atoms with van der Waals surface area (Å²) in [7, 11) is 0. The minimum Gasteiger partial charge on any atom is -0.308 e. The minimum atomic E-state index is -0.467. The number of hydrogen-bond donors (Lipinski definition) is 0. The third kappa shape index (κ3) is 3.20. The Balaban J connectivity index is 3.28. The van der Waals surface area contributed by atoms with Crippen molar-refractivity contribution in [3.63, 3.8) is 0 Å². The van der Waals surface area contributed by atoms with Crippen molar-refractivity contribution in [3.05, 3.63) is 36.7 Å². The number of rotatable bonds is 5. The van der Waals surface area contributed by atoms with E-state index in [1.54, 1.807) is 6.92 Å². The fraction of sp³-hybridized carbons (Fsp3) is 0.545. The van der Waals surface area contributed by atoms with Crippen LogP contribution < -0.4 is 5.56 Å². The van der Waals surface area contributed by atoms with Gasteiger partial charge >= 0.3 is 0 Å². The van der Waals surface area contributed by atoms with E-state index in [4.69, 9.17) is 0 Å². The summed E-state index contributed by atoms with van der Waals surface area (Å²) in [5.41, 5.74) is 0.108. The second kappa shape index (κ2) is 6.47. The molecule has 0 bridgehead atoms. The van der Waals surface area contributed by atoms with Crippen LogP contribution in [-0.4, -0.2) is 14.8 Å². The van der Waals surface area contributed by atoms with E-state index >= 15 is 0 Å². The molecule has 0 aliphatic carbocycles. The summed E-state index contributed by atoms with van der Waals surface area (Å²) >= 11 is 6.51. The molecule has 0 aliphatic rings.